The number of carbonyl (C=O) groups excluding carboxylic acids is 1. The molecule has 3 N–H and O–H groups in total. The van der Waals surface area contributed by atoms with Crippen molar-refractivity contribution in [1.82, 2.24) is 9.97 Å². The summed E-state index contributed by atoms with van der Waals surface area (Å²) in [6, 6.07) is 2.47. The minimum Gasteiger partial charge on any atom is -0.362 e. The molecule has 0 saturated carbocycles. The van der Waals surface area contributed by atoms with Crippen LogP contribution in [0, 0.1) is 0 Å². The number of hydrogen-bond acceptors (Lipinski definition) is 7. The summed E-state index contributed by atoms with van der Waals surface area (Å²) in [5.74, 6) is -1.60. The number of alkyl halides is 6. The summed E-state index contributed by atoms with van der Waals surface area (Å²) < 4.78 is 108. The second-order valence-corrected chi connectivity index (χ2v) is 9.08. The van der Waals surface area contributed by atoms with E-state index in [1.54, 1.807) is 6.92 Å². The van der Waals surface area contributed by atoms with Gasteiger partial charge in [-0.25, -0.2) is 23.5 Å². The van der Waals surface area contributed by atoms with Gasteiger partial charge >= 0.3 is 12.4 Å². The number of rotatable bonds is 5. The highest BCUT2D eigenvalue weighted by Gasteiger charge is 2.46. The SMILES string of the molecule is CC[C@@H]1CN(c2ncc(C(F)(F)F)cc2C(=O)Nc2ccnc(S(N)(=O)=O)c2)C[C@@H](C(F)(F)F)O1. The van der Waals surface area contributed by atoms with Gasteiger partial charge in [0.05, 0.1) is 23.8 Å². The first-order valence-electron chi connectivity index (χ1n) is 9.94. The highest BCUT2D eigenvalue weighted by molar-refractivity contribution is 7.89. The van der Waals surface area contributed by atoms with Crippen molar-refractivity contribution in [3.8, 4) is 0 Å². The van der Waals surface area contributed by atoms with E-state index in [1.165, 1.54) is 0 Å². The Morgan fingerprint density at radius 2 is 1.89 bits per heavy atom. The molecular formula is C19H19F6N5O4S. The van der Waals surface area contributed by atoms with Crippen molar-refractivity contribution < 1.29 is 44.3 Å². The second kappa shape index (κ2) is 9.58. The molecule has 9 nitrogen and oxygen atoms in total. The van der Waals surface area contributed by atoms with Crippen LogP contribution in [-0.4, -0.2) is 55.8 Å². The lowest BCUT2D eigenvalue weighted by molar-refractivity contribution is -0.235. The van der Waals surface area contributed by atoms with Gasteiger partial charge in [0, 0.05) is 30.7 Å². The molecule has 0 spiro atoms. The van der Waals surface area contributed by atoms with Crippen LogP contribution in [0.1, 0.15) is 29.3 Å². The number of primary sulfonamides is 1. The van der Waals surface area contributed by atoms with E-state index in [4.69, 9.17) is 9.88 Å². The lowest BCUT2D eigenvalue weighted by Gasteiger charge is -2.39. The quantitative estimate of drug-likeness (QED) is 0.573. The molecule has 16 heteroatoms. The van der Waals surface area contributed by atoms with E-state index in [1.807, 2.05) is 0 Å². The summed E-state index contributed by atoms with van der Waals surface area (Å²) in [6.45, 7) is 0.609. The number of anilines is 2. The highest BCUT2D eigenvalue weighted by Crippen LogP contribution is 2.35. The number of carbonyl (C=O) groups is 1. The normalized spacial score (nSPS) is 19.5. The molecule has 1 aliphatic rings. The van der Waals surface area contributed by atoms with E-state index in [9.17, 15) is 39.6 Å². The van der Waals surface area contributed by atoms with E-state index in [0.717, 1.165) is 23.2 Å². The van der Waals surface area contributed by atoms with Crippen LogP contribution in [0.4, 0.5) is 37.8 Å². The van der Waals surface area contributed by atoms with Gasteiger partial charge in [-0.3, -0.25) is 4.79 Å². The molecule has 0 aromatic carbocycles. The first kappa shape index (κ1) is 26.6. The molecule has 2 aromatic heterocycles. The predicted octanol–water partition coefficient (Wildman–Crippen LogP) is 2.94. The molecule has 1 aliphatic heterocycles. The fourth-order valence-electron chi connectivity index (χ4n) is 3.29. The Balaban J connectivity index is 2.03. The largest absolute Gasteiger partial charge is 0.417 e. The van der Waals surface area contributed by atoms with Crippen LogP contribution in [-0.2, 0) is 20.9 Å². The molecular weight excluding hydrogens is 508 g/mol. The zero-order valence-corrected chi connectivity index (χ0v) is 18.7. The lowest BCUT2D eigenvalue weighted by atomic mass is 10.1. The summed E-state index contributed by atoms with van der Waals surface area (Å²) in [5.41, 5.74) is -2.16. The number of sulfonamides is 1. The topological polar surface area (TPSA) is 128 Å². The Morgan fingerprint density at radius 1 is 1.20 bits per heavy atom. The number of aromatic nitrogens is 2. The molecule has 3 rings (SSSR count). The van der Waals surface area contributed by atoms with Gasteiger partial charge < -0.3 is 15.0 Å². The molecule has 35 heavy (non-hydrogen) atoms. The Kier molecular flexibility index (Phi) is 7.29. The number of nitrogens with two attached hydrogens (primary N) is 1. The minimum absolute atomic E-state index is 0.160. The van der Waals surface area contributed by atoms with Crippen molar-refractivity contribution in [2.45, 2.75) is 42.9 Å². The fraction of sp³-hybridized carbons (Fsp3) is 0.421. The number of amides is 1. The monoisotopic (exact) mass is 527 g/mol. The number of nitrogens with zero attached hydrogens (tertiary/aromatic N) is 3. The molecule has 192 valence electrons. The van der Waals surface area contributed by atoms with Gasteiger partial charge in [0.2, 0.25) is 0 Å². The summed E-state index contributed by atoms with van der Waals surface area (Å²) >= 11 is 0. The van der Waals surface area contributed by atoms with Crippen molar-refractivity contribution >= 4 is 27.4 Å². The van der Waals surface area contributed by atoms with E-state index in [0.29, 0.717) is 12.3 Å². The second-order valence-electron chi connectivity index (χ2n) is 7.58. The van der Waals surface area contributed by atoms with Crippen LogP contribution in [0.15, 0.2) is 35.6 Å². The van der Waals surface area contributed by atoms with Gasteiger partial charge in [-0.15, -0.1) is 0 Å². The molecule has 1 saturated heterocycles. The maximum Gasteiger partial charge on any atom is 0.417 e. The maximum atomic E-state index is 13.4. The highest BCUT2D eigenvalue weighted by atomic mass is 32.2. The number of pyridine rings is 2. The van der Waals surface area contributed by atoms with Gasteiger partial charge in [-0.1, -0.05) is 6.92 Å². The number of ether oxygens (including phenoxy) is 1. The summed E-state index contributed by atoms with van der Waals surface area (Å²) in [5, 5.41) is 6.57. The van der Waals surface area contributed by atoms with Crippen molar-refractivity contribution in [2.24, 2.45) is 5.14 Å². The number of nitrogens with one attached hydrogen (secondary N) is 1. The van der Waals surface area contributed by atoms with Crippen molar-refractivity contribution in [3.63, 3.8) is 0 Å². The van der Waals surface area contributed by atoms with E-state index >= 15 is 0 Å². The van der Waals surface area contributed by atoms with E-state index in [2.05, 4.69) is 15.3 Å². The molecule has 0 aliphatic carbocycles. The van der Waals surface area contributed by atoms with E-state index in [-0.39, 0.29) is 18.7 Å². The molecule has 2 aromatic rings. The fourth-order valence-corrected chi connectivity index (χ4v) is 3.79. The maximum absolute atomic E-state index is 13.4. The Labute approximate surface area is 195 Å². The molecule has 0 radical (unpaired) electrons. The van der Waals surface area contributed by atoms with Crippen LogP contribution in [0.3, 0.4) is 0 Å². The standard InChI is InChI=1S/C19H19F6N5O4S/c1-2-12-8-30(9-14(34-12)19(23,24)25)16-13(5-10(7-28-16)18(20,21)22)17(31)29-11-3-4-27-15(6-11)35(26,32)33/h3-7,12,14H,2,8-9H2,1H3,(H2,26,32,33)(H,27,29,31)/t12-,14+/m1/s1. The smallest absolute Gasteiger partial charge is 0.362 e. The first-order valence-corrected chi connectivity index (χ1v) is 11.5. The molecule has 3 heterocycles. The van der Waals surface area contributed by atoms with Crippen LogP contribution in [0.2, 0.25) is 0 Å². The summed E-state index contributed by atoms with van der Waals surface area (Å²) in [7, 11) is -4.26. The van der Waals surface area contributed by atoms with Crippen molar-refractivity contribution in [1.29, 1.82) is 0 Å². The Morgan fingerprint density at radius 3 is 2.46 bits per heavy atom. The Bertz CT molecular complexity index is 1200. The summed E-state index contributed by atoms with van der Waals surface area (Å²) in [4.78, 5) is 21.2. The molecule has 1 amide bonds. The number of hydrogen-bond donors (Lipinski definition) is 2. The molecule has 2 atom stereocenters. The third-order valence-corrected chi connectivity index (χ3v) is 5.82. The average molecular weight is 527 g/mol. The summed E-state index contributed by atoms with van der Waals surface area (Å²) in [6.07, 6.45) is -11.3. The van der Waals surface area contributed by atoms with Crippen LogP contribution in [0.5, 0.6) is 0 Å². The van der Waals surface area contributed by atoms with Gasteiger partial charge in [0.15, 0.2) is 11.1 Å². The third-order valence-electron chi connectivity index (χ3n) is 5.01. The van der Waals surface area contributed by atoms with Crippen molar-refractivity contribution in [2.75, 3.05) is 23.3 Å². The third kappa shape index (κ3) is 6.37. The van der Waals surface area contributed by atoms with Crippen molar-refractivity contribution in [3.05, 3.63) is 41.7 Å². The predicted molar refractivity (Wildman–Crippen MR) is 110 cm³/mol. The average Bonchev–Trinajstić information content (AvgIpc) is 2.76. The first-order chi connectivity index (χ1) is 16.1. The van der Waals surface area contributed by atoms with Gasteiger partial charge in [-0.2, -0.15) is 26.3 Å². The van der Waals surface area contributed by atoms with E-state index < -0.39 is 69.0 Å². The molecule has 0 bridgehead atoms. The minimum atomic E-state index is -4.90. The van der Waals surface area contributed by atoms with Gasteiger partial charge in [0.1, 0.15) is 5.82 Å². The zero-order chi connectivity index (χ0) is 26.2. The molecule has 0 unspecified atom stereocenters. The molecule has 1 fully saturated rings. The van der Waals surface area contributed by atoms with Crippen LogP contribution < -0.4 is 15.4 Å². The van der Waals surface area contributed by atoms with Crippen LogP contribution >= 0.6 is 0 Å². The Hall–Kier alpha value is -2.98. The van der Waals surface area contributed by atoms with Gasteiger partial charge in [-0.05, 0) is 18.6 Å². The lowest BCUT2D eigenvalue weighted by Crippen LogP contribution is -2.53. The number of morpholine rings is 1. The van der Waals surface area contributed by atoms with Gasteiger partial charge in [0.25, 0.3) is 15.9 Å². The van der Waals surface area contributed by atoms with Crippen LogP contribution in [0.25, 0.3) is 0 Å². The number of halogens is 6. The zero-order valence-electron chi connectivity index (χ0n) is 17.9.